The molecular formula is C15H16N2O3S. The van der Waals surface area contributed by atoms with Crippen LogP contribution in [0.4, 0.5) is 0 Å². The summed E-state index contributed by atoms with van der Waals surface area (Å²) in [6, 6.07) is 8.04. The van der Waals surface area contributed by atoms with Crippen LogP contribution >= 0.6 is 11.3 Å². The first kappa shape index (κ1) is 15.2. The molecule has 2 aromatic rings. The van der Waals surface area contributed by atoms with Crippen LogP contribution < -0.4 is 5.32 Å². The summed E-state index contributed by atoms with van der Waals surface area (Å²) in [4.78, 5) is 26.5. The Balaban J connectivity index is 1.94. The molecule has 0 unspecified atom stereocenters. The van der Waals surface area contributed by atoms with E-state index in [1.807, 2.05) is 30.5 Å². The van der Waals surface area contributed by atoms with Crippen LogP contribution in [-0.2, 0) is 16.0 Å². The second kappa shape index (κ2) is 6.99. The highest BCUT2D eigenvalue weighted by Crippen LogP contribution is 2.24. The molecule has 0 atom stereocenters. The molecule has 0 spiro atoms. The Labute approximate surface area is 126 Å². The zero-order chi connectivity index (χ0) is 15.2. The predicted molar refractivity (Wildman–Crippen MR) is 81.3 cm³/mol. The van der Waals surface area contributed by atoms with Crippen LogP contribution in [0.3, 0.4) is 0 Å². The van der Waals surface area contributed by atoms with Gasteiger partial charge in [0.05, 0.1) is 18.5 Å². The number of nitrogens with one attached hydrogen (secondary N) is 1. The third-order valence-corrected chi connectivity index (χ3v) is 3.76. The first-order valence-corrected chi connectivity index (χ1v) is 7.42. The van der Waals surface area contributed by atoms with Crippen molar-refractivity contribution >= 4 is 23.2 Å². The zero-order valence-corrected chi connectivity index (χ0v) is 12.4. The summed E-state index contributed by atoms with van der Waals surface area (Å²) in [6.45, 7) is 2.16. The molecule has 0 aliphatic carbocycles. The van der Waals surface area contributed by atoms with Crippen molar-refractivity contribution in [2.45, 2.75) is 19.8 Å². The van der Waals surface area contributed by atoms with Crippen LogP contribution in [0.15, 0.2) is 29.6 Å². The third-order valence-electron chi connectivity index (χ3n) is 2.82. The van der Waals surface area contributed by atoms with E-state index < -0.39 is 5.97 Å². The van der Waals surface area contributed by atoms with Crippen molar-refractivity contribution in [2.75, 3.05) is 6.54 Å². The molecule has 2 rings (SSSR count). The lowest BCUT2D eigenvalue weighted by atomic mass is 10.1. The Hall–Kier alpha value is -2.21. The van der Waals surface area contributed by atoms with Gasteiger partial charge in [0.25, 0.3) is 0 Å². The van der Waals surface area contributed by atoms with Gasteiger partial charge < -0.3 is 10.4 Å². The van der Waals surface area contributed by atoms with Gasteiger partial charge >= 0.3 is 5.97 Å². The van der Waals surface area contributed by atoms with Gasteiger partial charge in [0.2, 0.25) is 5.91 Å². The number of hydrogen-bond acceptors (Lipinski definition) is 4. The molecular weight excluding hydrogens is 288 g/mol. The maximum absolute atomic E-state index is 11.7. The summed E-state index contributed by atoms with van der Waals surface area (Å²) in [6.07, 6.45) is 0.0965. The SMILES string of the molecule is Cc1cccc(-c2nc(CC(=O)NCCC(=O)O)cs2)c1. The number of rotatable bonds is 6. The largest absolute Gasteiger partial charge is 0.481 e. The average molecular weight is 304 g/mol. The topological polar surface area (TPSA) is 79.3 Å². The fourth-order valence-corrected chi connectivity index (χ4v) is 2.65. The maximum atomic E-state index is 11.7. The number of benzene rings is 1. The van der Waals surface area contributed by atoms with Crippen LogP contribution in [0, 0.1) is 6.92 Å². The minimum atomic E-state index is -0.925. The van der Waals surface area contributed by atoms with Crippen molar-refractivity contribution in [3.8, 4) is 10.6 Å². The fourth-order valence-electron chi connectivity index (χ4n) is 1.83. The molecule has 1 aromatic heterocycles. The molecule has 0 bridgehead atoms. The van der Waals surface area contributed by atoms with Crippen molar-refractivity contribution in [1.82, 2.24) is 10.3 Å². The Bertz CT molecular complexity index is 652. The normalized spacial score (nSPS) is 10.3. The van der Waals surface area contributed by atoms with Crippen molar-refractivity contribution < 1.29 is 14.7 Å². The number of thiazole rings is 1. The molecule has 0 saturated carbocycles. The van der Waals surface area contributed by atoms with Crippen molar-refractivity contribution in [3.05, 3.63) is 40.9 Å². The number of carboxylic acids is 1. The first-order chi connectivity index (χ1) is 10.0. The number of nitrogens with zero attached hydrogens (tertiary/aromatic N) is 1. The smallest absolute Gasteiger partial charge is 0.305 e. The lowest BCUT2D eigenvalue weighted by Gasteiger charge is -2.01. The molecule has 0 aliphatic heterocycles. The van der Waals surface area contributed by atoms with Gasteiger partial charge in [0.1, 0.15) is 5.01 Å². The lowest BCUT2D eigenvalue weighted by Crippen LogP contribution is -2.27. The van der Waals surface area contributed by atoms with Gasteiger partial charge in [-0.3, -0.25) is 9.59 Å². The second-order valence-electron chi connectivity index (χ2n) is 4.68. The van der Waals surface area contributed by atoms with Crippen molar-refractivity contribution in [2.24, 2.45) is 0 Å². The Morgan fingerprint density at radius 1 is 1.38 bits per heavy atom. The highest BCUT2D eigenvalue weighted by atomic mass is 32.1. The van der Waals surface area contributed by atoms with Gasteiger partial charge in [-0.2, -0.15) is 0 Å². The van der Waals surface area contributed by atoms with Crippen LogP contribution in [0.5, 0.6) is 0 Å². The van der Waals surface area contributed by atoms with E-state index in [0.29, 0.717) is 5.69 Å². The van der Waals surface area contributed by atoms with Gasteiger partial charge in [0, 0.05) is 17.5 Å². The van der Waals surface area contributed by atoms with Gasteiger partial charge in [0.15, 0.2) is 0 Å². The molecule has 0 fully saturated rings. The number of aryl methyl sites for hydroxylation is 1. The molecule has 0 saturated heterocycles. The number of carbonyl (C=O) groups is 2. The van der Waals surface area contributed by atoms with Crippen LogP contribution in [0.2, 0.25) is 0 Å². The molecule has 1 amide bonds. The van der Waals surface area contributed by atoms with Crippen molar-refractivity contribution in [1.29, 1.82) is 0 Å². The second-order valence-corrected chi connectivity index (χ2v) is 5.54. The molecule has 0 aliphatic rings. The van der Waals surface area contributed by atoms with Gasteiger partial charge in [-0.1, -0.05) is 23.8 Å². The van der Waals surface area contributed by atoms with E-state index in [4.69, 9.17) is 5.11 Å². The quantitative estimate of drug-likeness (QED) is 0.858. The number of aromatic nitrogens is 1. The predicted octanol–water partition coefficient (Wildman–Crippen LogP) is 2.25. The van der Waals surface area contributed by atoms with E-state index in [1.165, 1.54) is 11.3 Å². The molecule has 6 heteroatoms. The molecule has 2 N–H and O–H groups in total. The Kier molecular flexibility index (Phi) is 5.05. The average Bonchev–Trinajstić information content (AvgIpc) is 2.86. The third kappa shape index (κ3) is 4.68. The highest BCUT2D eigenvalue weighted by Gasteiger charge is 2.09. The number of amides is 1. The Morgan fingerprint density at radius 2 is 2.19 bits per heavy atom. The van der Waals surface area contributed by atoms with Crippen LogP contribution in [-0.4, -0.2) is 28.5 Å². The molecule has 21 heavy (non-hydrogen) atoms. The molecule has 1 heterocycles. The van der Waals surface area contributed by atoms with Gasteiger partial charge in [-0.15, -0.1) is 11.3 Å². The molecule has 5 nitrogen and oxygen atoms in total. The van der Waals surface area contributed by atoms with E-state index in [9.17, 15) is 9.59 Å². The fraction of sp³-hybridized carbons (Fsp3) is 0.267. The maximum Gasteiger partial charge on any atom is 0.305 e. The van der Waals surface area contributed by atoms with E-state index in [0.717, 1.165) is 16.1 Å². The summed E-state index contributed by atoms with van der Waals surface area (Å²) in [7, 11) is 0. The first-order valence-electron chi connectivity index (χ1n) is 6.54. The summed E-state index contributed by atoms with van der Waals surface area (Å²) in [5.74, 6) is -1.14. The number of carboxylic acid groups (broad SMARTS) is 1. The van der Waals surface area contributed by atoms with E-state index in [2.05, 4.69) is 16.4 Å². The van der Waals surface area contributed by atoms with E-state index in [1.54, 1.807) is 0 Å². The molecule has 0 radical (unpaired) electrons. The van der Waals surface area contributed by atoms with Crippen LogP contribution in [0.1, 0.15) is 17.7 Å². The van der Waals surface area contributed by atoms with E-state index >= 15 is 0 Å². The van der Waals surface area contributed by atoms with Gasteiger partial charge in [-0.25, -0.2) is 4.98 Å². The number of carbonyl (C=O) groups excluding carboxylic acids is 1. The standard InChI is InChI=1S/C15H16N2O3S/c1-10-3-2-4-11(7-10)15-17-12(9-21-15)8-13(18)16-6-5-14(19)20/h2-4,7,9H,5-6,8H2,1H3,(H,16,18)(H,19,20). The van der Waals surface area contributed by atoms with Crippen LogP contribution in [0.25, 0.3) is 10.6 Å². The summed E-state index contributed by atoms with van der Waals surface area (Å²) >= 11 is 1.50. The Morgan fingerprint density at radius 3 is 2.90 bits per heavy atom. The summed E-state index contributed by atoms with van der Waals surface area (Å²) in [5, 5.41) is 13.8. The molecule has 110 valence electrons. The van der Waals surface area contributed by atoms with E-state index in [-0.39, 0.29) is 25.3 Å². The highest BCUT2D eigenvalue weighted by molar-refractivity contribution is 7.13. The minimum absolute atomic E-state index is 0.0721. The summed E-state index contributed by atoms with van der Waals surface area (Å²) in [5.41, 5.74) is 2.90. The summed E-state index contributed by atoms with van der Waals surface area (Å²) < 4.78 is 0. The van der Waals surface area contributed by atoms with Crippen molar-refractivity contribution in [3.63, 3.8) is 0 Å². The van der Waals surface area contributed by atoms with Gasteiger partial charge in [-0.05, 0) is 13.0 Å². The molecule has 1 aromatic carbocycles. The lowest BCUT2D eigenvalue weighted by molar-refractivity contribution is -0.136. The monoisotopic (exact) mass is 304 g/mol. The zero-order valence-electron chi connectivity index (χ0n) is 11.6. The number of aliphatic carboxylic acids is 1. The minimum Gasteiger partial charge on any atom is -0.481 e. The number of hydrogen-bond donors (Lipinski definition) is 2.